The van der Waals surface area contributed by atoms with Crippen LogP contribution in [-0.2, 0) is 0 Å². The number of hydrogen-bond donors (Lipinski definition) is 0. The summed E-state index contributed by atoms with van der Waals surface area (Å²) in [4.78, 5) is -0.0723. The molecule has 1 aromatic rings. The number of aryl methyl sites for hydroxylation is 1. The van der Waals surface area contributed by atoms with Gasteiger partial charge in [0.25, 0.3) is 0 Å². The molecule has 0 radical (unpaired) electrons. The zero-order chi connectivity index (χ0) is 10.5. The van der Waals surface area contributed by atoms with E-state index >= 15 is 0 Å². The molecule has 1 saturated carbocycles. The van der Waals surface area contributed by atoms with Gasteiger partial charge in [-0.1, -0.05) is 24.6 Å². The monoisotopic (exact) mass is 228 g/mol. The van der Waals surface area contributed by atoms with E-state index in [9.17, 15) is 0 Å². The zero-order valence-electron chi connectivity index (χ0n) is 8.64. The van der Waals surface area contributed by atoms with E-state index < -0.39 is 0 Å². The minimum Gasteiger partial charge on any atom is -0.119 e. The summed E-state index contributed by atoms with van der Waals surface area (Å²) in [6, 6.07) is 6.19. The van der Waals surface area contributed by atoms with E-state index in [1.54, 1.807) is 0 Å². The normalized spacial score (nSPS) is 35.8. The second-order valence-corrected chi connectivity index (χ2v) is 5.73. The van der Waals surface area contributed by atoms with Gasteiger partial charge in [0.05, 0.1) is 4.87 Å². The molecule has 3 atom stereocenters. The van der Waals surface area contributed by atoms with Crippen molar-refractivity contribution in [3.8, 4) is 0 Å². The van der Waals surface area contributed by atoms with E-state index in [0.29, 0.717) is 11.8 Å². The van der Waals surface area contributed by atoms with Crippen LogP contribution in [0.2, 0.25) is 5.02 Å². The van der Waals surface area contributed by atoms with Gasteiger partial charge < -0.3 is 0 Å². The van der Waals surface area contributed by atoms with Crippen LogP contribution in [0.25, 0.3) is 0 Å². The van der Waals surface area contributed by atoms with Crippen LogP contribution < -0.4 is 0 Å². The number of hydrogen-bond acceptors (Lipinski definition) is 0. The fourth-order valence-corrected chi connectivity index (χ4v) is 2.92. The van der Waals surface area contributed by atoms with Crippen LogP contribution in [0, 0.1) is 12.8 Å². The fourth-order valence-electron chi connectivity index (χ4n) is 2.25. The molecule has 1 aromatic carbocycles. The molecule has 0 aliphatic heterocycles. The van der Waals surface area contributed by atoms with Crippen molar-refractivity contribution < 1.29 is 0 Å². The third-order valence-electron chi connectivity index (χ3n) is 3.31. The minimum atomic E-state index is -0.0723. The Bertz CT molecular complexity index is 348. The maximum absolute atomic E-state index is 6.35. The fraction of sp³-hybridized carbons (Fsp3) is 0.500. The third-order valence-corrected chi connectivity index (χ3v) is 4.11. The predicted octanol–water partition coefficient (Wildman–Crippen LogP) is 4.38. The van der Waals surface area contributed by atoms with Gasteiger partial charge in [0, 0.05) is 10.9 Å². The van der Waals surface area contributed by atoms with Crippen LogP contribution in [0.15, 0.2) is 18.2 Å². The van der Waals surface area contributed by atoms with Gasteiger partial charge in [0.15, 0.2) is 0 Å². The Morgan fingerprint density at radius 1 is 1.29 bits per heavy atom. The molecule has 0 heterocycles. The lowest BCUT2D eigenvalue weighted by atomic mass is 10.1. The van der Waals surface area contributed by atoms with Gasteiger partial charge in [-0.2, -0.15) is 0 Å². The maximum atomic E-state index is 6.35. The molecule has 1 aliphatic rings. The SMILES string of the molecule is Cc1cc(Cl)cc(C2C(C)C2(C)Cl)c1. The predicted molar refractivity (Wildman–Crippen MR) is 62.4 cm³/mol. The van der Waals surface area contributed by atoms with Crippen LogP contribution in [-0.4, -0.2) is 4.87 Å². The average Bonchev–Trinajstić information content (AvgIpc) is 2.48. The van der Waals surface area contributed by atoms with Gasteiger partial charge in [-0.25, -0.2) is 0 Å². The van der Waals surface area contributed by atoms with Gasteiger partial charge in [-0.15, -0.1) is 11.6 Å². The molecule has 0 aromatic heterocycles. The number of halogens is 2. The first-order valence-corrected chi connectivity index (χ1v) is 5.64. The van der Waals surface area contributed by atoms with Gasteiger partial charge in [0.1, 0.15) is 0 Å². The second-order valence-electron chi connectivity index (χ2n) is 4.48. The van der Waals surface area contributed by atoms with Crippen molar-refractivity contribution in [1.82, 2.24) is 0 Å². The molecule has 1 fully saturated rings. The number of rotatable bonds is 1. The molecule has 2 heteroatoms. The Hall–Kier alpha value is -0.200. The second kappa shape index (κ2) is 3.15. The Balaban J connectivity index is 2.35. The molecule has 0 nitrogen and oxygen atoms in total. The summed E-state index contributed by atoms with van der Waals surface area (Å²) in [6.07, 6.45) is 0. The molecule has 1 aliphatic carbocycles. The first kappa shape index (κ1) is 10.3. The third kappa shape index (κ3) is 1.55. The molecule has 0 spiro atoms. The van der Waals surface area contributed by atoms with Crippen LogP contribution in [0.5, 0.6) is 0 Å². The van der Waals surface area contributed by atoms with Crippen molar-refractivity contribution in [2.45, 2.75) is 31.6 Å². The summed E-state index contributed by atoms with van der Waals surface area (Å²) in [6.45, 7) is 6.35. The summed E-state index contributed by atoms with van der Waals surface area (Å²) in [5.74, 6) is 1.00. The van der Waals surface area contributed by atoms with Gasteiger partial charge in [-0.05, 0) is 43.0 Å². The van der Waals surface area contributed by atoms with E-state index in [2.05, 4.69) is 26.8 Å². The van der Waals surface area contributed by atoms with Gasteiger partial charge >= 0.3 is 0 Å². The van der Waals surface area contributed by atoms with Crippen molar-refractivity contribution >= 4 is 23.2 Å². The molecule has 3 unspecified atom stereocenters. The van der Waals surface area contributed by atoms with Crippen molar-refractivity contribution in [2.24, 2.45) is 5.92 Å². The first-order chi connectivity index (χ1) is 6.43. The van der Waals surface area contributed by atoms with Crippen LogP contribution in [0.1, 0.15) is 30.9 Å². The lowest BCUT2D eigenvalue weighted by Gasteiger charge is -2.04. The highest BCUT2D eigenvalue weighted by Crippen LogP contribution is 2.61. The van der Waals surface area contributed by atoms with Gasteiger partial charge in [-0.3, -0.25) is 0 Å². The highest BCUT2D eigenvalue weighted by Gasteiger charge is 2.57. The van der Waals surface area contributed by atoms with Crippen molar-refractivity contribution in [1.29, 1.82) is 0 Å². The molecular weight excluding hydrogens is 215 g/mol. The first-order valence-electron chi connectivity index (χ1n) is 4.89. The Labute approximate surface area is 95.2 Å². The molecule has 76 valence electrons. The summed E-state index contributed by atoms with van der Waals surface area (Å²) in [5, 5.41) is 0.812. The van der Waals surface area contributed by atoms with E-state index in [-0.39, 0.29) is 4.87 Å². The van der Waals surface area contributed by atoms with Crippen molar-refractivity contribution in [2.75, 3.05) is 0 Å². The summed E-state index contributed by atoms with van der Waals surface area (Å²) in [7, 11) is 0. The van der Waals surface area contributed by atoms with Crippen molar-refractivity contribution in [3.05, 3.63) is 34.3 Å². The molecule has 0 bridgehead atoms. The maximum Gasteiger partial charge on any atom is 0.0522 e. The molecule has 0 saturated heterocycles. The quantitative estimate of drug-likeness (QED) is 0.627. The van der Waals surface area contributed by atoms with Crippen LogP contribution in [0.4, 0.5) is 0 Å². The molecule has 2 rings (SSSR count). The zero-order valence-corrected chi connectivity index (χ0v) is 10.2. The average molecular weight is 229 g/mol. The topological polar surface area (TPSA) is 0 Å². The molecular formula is C12H14Cl2. The summed E-state index contributed by atoms with van der Waals surface area (Å²) in [5.41, 5.74) is 2.49. The number of benzene rings is 1. The highest BCUT2D eigenvalue weighted by molar-refractivity contribution is 6.30. The van der Waals surface area contributed by atoms with Crippen LogP contribution in [0.3, 0.4) is 0 Å². The molecule has 14 heavy (non-hydrogen) atoms. The lowest BCUT2D eigenvalue weighted by molar-refractivity contribution is 0.866. The molecule has 0 amide bonds. The number of alkyl halides is 1. The Kier molecular flexibility index (Phi) is 2.32. The molecule has 0 N–H and O–H groups in total. The van der Waals surface area contributed by atoms with Gasteiger partial charge in [0.2, 0.25) is 0 Å². The lowest BCUT2D eigenvalue weighted by Crippen LogP contribution is -1.94. The standard InChI is InChI=1S/C12H14Cl2/c1-7-4-9(6-10(13)5-7)11-8(2)12(11,3)14/h4-6,8,11H,1-3H3. The minimum absolute atomic E-state index is 0.0723. The smallest absolute Gasteiger partial charge is 0.0522 e. The Morgan fingerprint density at radius 3 is 2.29 bits per heavy atom. The van der Waals surface area contributed by atoms with E-state index in [0.717, 1.165) is 5.02 Å². The largest absolute Gasteiger partial charge is 0.119 e. The van der Waals surface area contributed by atoms with E-state index in [4.69, 9.17) is 23.2 Å². The van der Waals surface area contributed by atoms with E-state index in [1.165, 1.54) is 11.1 Å². The summed E-state index contributed by atoms with van der Waals surface area (Å²) < 4.78 is 0. The Morgan fingerprint density at radius 2 is 1.86 bits per heavy atom. The highest BCUT2D eigenvalue weighted by atomic mass is 35.5. The van der Waals surface area contributed by atoms with E-state index in [1.807, 2.05) is 12.1 Å². The summed E-state index contributed by atoms with van der Waals surface area (Å²) >= 11 is 12.4. The van der Waals surface area contributed by atoms with Crippen molar-refractivity contribution in [3.63, 3.8) is 0 Å². The van der Waals surface area contributed by atoms with Crippen LogP contribution >= 0.6 is 23.2 Å².